The summed E-state index contributed by atoms with van der Waals surface area (Å²) in [6.07, 6.45) is -0.285. The molecule has 1 fully saturated rings. The second-order valence-corrected chi connectivity index (χ2v) is 7.55. The van der Waals surface area contributed by atoms with Gasteiger partial charge in [-0.3, -0.25) is 0 Å². The van der Waals surface area contributed by atoms with Crippen LogP contribution in [-0.4, -0.2) is 47.8 Å². The maximum absolute atomic E-state index is 13.7. The molecule has 23 heavy (non-hydrogen) atoms. The number of fused-ring (bicyclic) bond motifs is 1. The molecule has 1 aliphatic rings. The lowest BCUT2D eigenvalue weighted by Gasteiger charge is -2.35. The van der Waals surface area contributed by atoms with Crippen LogP contribution >= 0.6 is 11.3 Å². The number of hydrogen-bond acceptors (Lipinski definition) is 5. The predicted octanol–water partition coefficient (Wildman–Crippen LogP) is 3.49. The van der Waals surface area contributed by atoms with Crippen LogP contribution in [0.3, 0.4) is 0 Å². The summed E-state index contributed by atoms with van der Waals surface area (Å²) in [4.78, 5) is 20.3. The highest BCUT2D eigenvalue weighted by molar-refractivity contribution is 7.22. The summed E-state index contributed by atoms with van der Waals surface area (Å²) < 4.78 is 20.0. The molecule has 0 aliphatic carbocycles. The molecule has 2 heterocycles. The summed E-state index contributed by atoms with van der Waals surface area (Å²) in [5.74, 6) is -0.294. The van der Waals surface area contributed by atoms with Crippen molar-refractivity contribution in [1.82, 2.24) is 9.88 Å². The first kappa shape index (κ1) is 16.0. The molecule has 0 bridgehead atoms. The first-order valence-corrected chi connectivity index (χ1v) is 8.43. The molecule has 0 saturated carbocycles. The lowest BCUT2D eigenvalue weighted by Crippen LogP contribution is -2.50. The van der Waals surface area contributed by atoms with E-state index in [1.807, 2.05) is 26.8 Å². The number of carbonyl (C=O) groups excluding carboxylic acids is 1. The molecule has 0 spiro atoms. The van der Waals surface area contributed by atoms with Crippen LogP contribution in [0.4, 0.5) is 14.3 Å². The Morgan fingerprint density at radius 2 is 1.96 bits per heavy atom. The van der Waals surface area contributed by atoms with Crippen molar-refractivity contribution in [3.8, 4) is 0 Å². The summed E-state index contributed by atoms with van der Waals surface area (Å²) >= 11 is 1.48. The van der Waals surface area contributed by atoms with Crippen molar-refractivity contribution in [2.24, 2.45) is 0 Å². The molecule has 0 radical (unpaired) electrons. The Labute approximate surface area is 138 Å². The number of carbonyl (C=O) groups is 1. The van der Waals surface area contributed by atoms with E-state index in [4.69, 9.17) is 4.74 Å². The summed E-state index contributed by atoms with van der Waals surface area (Å²) in [5.41, 5.74) is -0.0687. The second kappa shape index (κ2) is 5.96. The third-order valence-corrected chi connectivity index (χ3v) is 4.64. The fourth-order valence-corrected chi connectivity index (χ4v) is 3.48. The van der Waals surface area contributed by atoms with E-state index in [9.17, 15) is 9.18 Å². The van der Waals surface area contributed by atoms with Gasteiger partial charge in [0.25, 0.3) is 0 Å². The molecule has 0 N–H and O–H groups in total. The predicted molar refractivity (Wildman–Crippen MR) is 89.6 cm³/mol. The molecule has 1 saturated heterocycles. The van der Waals surface area contributed by atoms with Crippen molar-refractivity contribution in [1.29, 1.82) is 0 Å². The quantitative estimate of drug-likeness (QED) is 0.799. The molecular formula is C16H20FN3O2S. The molecule has 1 amide bonds. The average Bonchev–Trinajstić information content (AvgIpc) is 2.91. The molecule has 5 nitrogen and oxygen atoms in total. The van der Waals surface area contributed by atoms with E-state index in [-0.39, 0.29) is 11.9 Å². The van der Waals surface area contributed by atoms with Crippen LogP contribution in [0.5, 0.6) is 0 Å². The normalized spacial score (nSPS) is 16.0. The zero-order chi connectivity index (χ0) is 16.6. The Hall–Kier alpha value is -1.89. The van der Waals surface area contributed by atoms with Gasteiger partial charge in [0.2, 0.25) is 0 Å². The highest BCUT2D eigenvalue weighted by Crippen LogP contribution is 2.30. The lowest BCUT2D eigenvalue weighted by atomic mass is 10.2. The van der Waals surface area contributed by atoms with Crippen LogP contribution in [0.25, 0.3) is 10.2 Å². The number of nitrogens with zero attached hydrogens (tertiary/aromatic N) is 3. The molecule has 0 unspecified atom stereocenters. The largest absolute Gasteiger partial charge is 0.444 e. The Morgan fingerprint density at radius 1 is 1.26 bits per heavy atom. The van der Waals surface area contributed by atoms with Gasteiger partial charge < -0.3 is 14.5 Å². The second-order valence-electron chi connectivity index (χ2n) is 6.54. The first-order valence-electron chi connectivity index (χ1n) is 7.61. The number of anilines is 1. The van der Waals surface area contributed by atoms with Gasteiger partial charge in [0, 0.05) is 26.2 Å². The molecule has 1 aromatic heterocycles. The van der Waals surface area contributed by atoms with E-state index in [0.717, 1.165) is 9.83 Å². The van der Waals surface area contributed by atoms with Gasteiger partial charge in [-0.05, 0) is 32.9 Å². The van der Waals surface area contributed by atoms with Gasteiger partial charge in [-0.25, -0.2) is 14.2 Å². The van der Waals surface area contributed by atoms with Gasteiger partial charge >= 0.3 is 6.09 Å². The van der Waals surface area contributed by atoms with Crippen molar-refractivity contribution in [3.63, 3.8) is 0 Å². The SMILES string of the molecule is CC(C)(C)OC(=O)N1CCN(c2nc3c(F)cccc3s2)CC1. The first-order chi connectivity index (χ1) is 10.8. The molecule has 1 aromatic carbocycles. The molecular weight excluding hydrogens is 317 g/mol. The third kappa shape index (κ3) is 3.55. The maximum Gasteiger partial charge on any atom is 0.410 e. The third-order valence-electron chi connectivity index (χ3n) is 3.56. The zero-order valence-electron chi connectivity index (χ0n) is 13.5. The van der Waals surface area contributed by atoms with Crippen molar-refractivity contribution in [2.45, 2.75) is 26.4 Å². The van der Waals surface area contributed by atoms with Crippen LogP contribution in [0.15, 0.2) is 18.2 Å². The van der Waals surface area contributed by atoms with Crippen molar-refractivity contribution >= 4 is 32.8 Å². The Bertz CT molecular complexity index is 718. The van der Waals surface area contributed by atoms with E-state index in [1.165, 1.54) is 17.4 Å². The van der Waals surface area contributed by atoms with Crippen LogP contribution in [-0.2, 0) is 4.74 Å². The number of para-hydroxylation sites is 1. The van der Waals surface area contributed by atoms with Gasteiger partial charge in [0.05, 0.1) is 4.70 Å². The maximum atomic E-state index is 13.7. The lowest BCUT2D eigenvalue weighted by molar-refractivity contribution is 0.0240. The van der Waals surface area contributed by atoms with Crippen LogP contribution < -0.4 is 4.90 Å². The summed E-state index contributed by atoms with van der Waals surface area (Å²) in [5, 5.41) is 0.800. The zero-order valence-corrected chi connectivity index (χ0v) is 14.3. The molecule has 124 valence electrons. The smallest absolute Gasteiger partial charge is 0.410 e. The van der Waals surface area contributed by atoms with E-state index < -0.39 is 5.60 Å². The van der Waals surface area contributed by atoms with E-state index in [0.29, 0.717) is 31.7 Å². The number of hydrogen-bond donors (Lipinski definition) is 0. The standard InChI is InChI=1S/C16H20FN3O2S/c1-16(2,3)22-15(21)20-9-7-19(8-10-20)14-18-13-11(17)5-4-6-12(13)23-14/h4-6H,7-10H2,1-3H3. The van der Waals surface area contributed by atoms with Crippen molar-refractivity contribution < 1.29 is 13.9 Å². The highest BCUT2D eigenvalue weighted by atomic mass is 32.1. The monoisotopic (exact) mass is 337 g/mol. The van der Waals surface area contributed by atoms with Gasteiger partial charge in [-0.2, -0.15) is 0 Å². The summed E-state index contributed by atoms with van der Waals surface area (Å²) in [6, 6.07) is 4.99. The van der Waals surface area contributed by atoms with Crippen LogP contribution in [0.2, 0.25) is 0 Å². The Morgan fingerprint density at radius 3 is 2.57 bits per heavy atom. The number of piperazine rings is 1. The Kier molecular flexibility index (Phi) is 4.14. The molecule has 2 aromatic rings. The highest BCUT2D eigenvalue weighted by Gasteiger charge is 2.27. The van der Waals surface area contributed by atoms with Crippen LogP contribution in [0.1, 0.15) is 20.8 Å². The van der Waals surface area contributed by atoms with Gasteiger partial charge in [-0.1, -0.05) is 17.4 Å². The minimum absolute atomic E-state index is 0.285. The number of aromatic nitrogens is 1. The topological polar surface area (TPSA) is 45.7 Å². The van der Waals surface area contributed by atoms with Crippen LogP contribution in [0, 0.1) is 5.82 Å². The minimum atomic E-state index is -0.487. The number of ether oxygens (including phenoxy) is 1. The summed E-state index contributed by atoms with van der Waals surface area (Å²) in [6.45, 7) is 8.06. The van der Waals surface area contributed by atoms with E-state index in [1.54, 1.807) is 11.0 Å². The van der Waals surface area contributed by atoms with Gasteiger partial charge in [0.15, 0.2) is 5.13 Å². The molecule has 0 atom stereocenters. The fraction of sp³-hybridized carbons (Fsp3) is 0.500. The van der Waals surface area contributed by atoms with E-state index >= 15 is 0 Å². The number of amides is 1. The van der Waals surface area contributed by atoms with Gasteiger partial charge in [-0.15, -0.1) is 0 Å². The fourth-order valence-electron chi connectivity index (χ4n) is 2.45. The van der Waals surface area contributed by atoms with Gasteiger partial charge in [0.1, 0.15) is 16.9 Å². The average molecular weight is 337 g/mol. The summed E-state index contributed by atoms with van der Waals surface area (Å²) in [7, 11) is 0. The van der Waals surface area contributed by atoms with Crippen molar-refractivity contribution in [2.75, 3.05) is 31.1 Å². The number of rotatable bonds is 1. The molecule has 7 heteroatoms. The molecule has 3 rings (SSSR count). The Balaban J connectivity index is 1.66. The number of halogens is 1. The van der Waals surface area contributed by atoms with Crippen molar-refractivity contribution in [3.05, 3.63) is 24.0 Å². The molecule has 1 aliphatic heterocycles. The van der Waals surface area contributed by atoms with E-state index in [2.05, 4.69) is 9.88 Å². The number of thiazole rings is 1. The minimum Gasteiger partial charge on any atom is -0.444 e. The number of benzene rings is 1.